The fourth-order valence-corrected chi connectivity index (χ4v) is 2.78. The van der Waals surface area contributed by atoms with Gasteiger partial charge in [-0.1, -0.05) is 6.07 Å². The fourth-order valence-electron chi connectivity index (χ4n) is 2.78. The molecule has 2 rings (SSSR count). The van der Waals surface area contributed by atoms with Crippen molar-refractivity contribution in [2.45, 2.75) is 47.7 Å². The molecular formula is C18H24N4O2. The Labute approximate surface area is 142 Å². The van der Waals surface area contributed by atoms with E-state index in [1.807, 2.05) is 57.5 Å². The van der Waals surface area contributed by atoms with Crippen LogP contribution in [0.25, 0.3) is 0 Å². The summed E-state index contributed by atoms with van der Waals surface area (Å²) in [7, 11) is 0. The van der Waals surface area contributed by atoms with Crippen molar-refractivity contribution in [1.29, 1.82) is 0 Å². The van der Waals surface area contributed by atoms with Gasteiger partial charge in [-0.05, 0) is 57.9 Å². The highest BCUT2D eigenvalue weighted by Crippen LogP contribution is 2.14. The van der Waals surface area contributed by atoms with E-state index < -0.39 is 11.8 Å². The minimum Gasteiger partial charge on any atom is -0.344 e. The molecule has 0 fully saturated rings. The summed E-state index contributed by atoms with van der Waals surface area (Å²) in [5.74, 6) is -1.32. The van der Waals surface area contributed by atoms with E-state index in [9.17, 15) is 9.59 Å². The lowest BCUT2D eigenvalue weighted by atomic mass is 10.1. The van der Waals surface area contributed by atoms with Gasteiger partial charge in [0.2, 0.25) is 0 Å². The van der Waals surface area contributed by atoms with Gasteiger partial charge in [0, 0.05) is 30.0 Å². The molecule has 128 valence electrons. The number of nitrogens with zero attached hydrogens (tertiary/aromatic N) is 2. The Morgan fingerprint density at radius 2 is 1.67 bits per heavy atom. The first-order chi connectivity index (χ1) is 11.3. The van der Waals surface area contributed by atoms with Crippen molar-refractivity contribution in [1.82, 2.24) is 15.1 Å². The van der Waals surface area contributed by atoms with Crippen LogP contribution in [0.15, 0.2) is 18.2 Å². The van der Waals surface area contributed by atoms with Gasteiger partial charge in [0.25, 0.3) is 0 Å². The number of hydrogen-bond donors (Lipinski definition) is 2. The van der Waals surface area contributed by atoms with Crippen LogP contribution in [0.3, 0.4) is 0 Å². The zero-order chi connectivity index (χ0) is 17.9. The van der Waals surface area contributed by atoms with E-state index in [4.69, 9.17) is 0 Å². The number of aromatic nitrogens is 2. The van der Waals surface area contributed by atoms with Crippen LogP contribution < -0.4 is 10.6 Å². The average Bonchev–Trinajstić information content (AvgIpc) is 2.77. The van der Waals surface area contributed by atoms with Crippen LogP contribution >= 0.6 is 0 Å². The van der Waals surface area contributed by atoms with Crippen molar-refractivity contribution in [3.8, 4) is 0 Å². The summed E-state index contributed by atoms with van der Waals surface area (Å²) >= 11 is 0. The van der Waals surface area contributed by atoms with Crippen LogP contribution in [0.2, 0.25) is 0 Å². The third-order valence-corrected chi connectivity index (χ3v) is 3.94. The lowest BCUT2D eigenvalue weighted by Gasteiger charge is -2.09. The largest absolute Gasteiger partial charge is 0.344 e. The van der Waals surface area contributed by atoms with Crippen molar-refractivity contribution < 1.29 is 9.59 Å². The predicted molar refractivity (Wildman–Crippen MR) is 93.8 cm³/mol. The molecule has 1 heterocycles. The van der Waals surface area contributed by atoms with Gasteiger partial charge in [-0.15, -0.1) is 0 Å². The number of anilines is 1. The number of hydrogen-bond acceptors (Lipinski definition) is 3. The van der Waals surface area contributed by atoms with E-state index in [0.29, 0.717) is 5.69 Å². The zero-order valence-electron chi connectivity index (χ0n) is 14.9. The molecule has 0 atom stereocenters. The highest BCUT2D eigenvalue weighted by molar-refractivity contribution is 6.39. The first kappa shape index (κ1) is 17.7. The second-order valence-corrected chi connectivity index (χ2v) is 5.98. The number of carbonyl (C=O) groups is 2. The molecule has 2 aromatic rings. The average molecular weight is 328 g/mol. The van der Waals surface area contributed by atoms with Gasteiger partial charge in [-0.25, -0.2) is 0 Å². The number of amides is 2. The van der Waals surface area contributed by atoms with E-state index in [2.05, 4.69) is 15.7 Å². The van der Waals surface area contributed by atoms with Crippen LogP contribution in [-0.4, -0.2) is 21.6 Å². The van der Waals surface area contributed by atoms with Crippen LogP contribution in [0, 0.1) is 27.7 Å². The van der Waals surface area contributed by atoms with Crippen LogP contribution in [0.5, 0.6) is 0 Å². The lowest BCUT2D eigenvalue weighted by molar-refractivity contribution is -0.136. The molecule has 24 heavy (non-hydrogen) atoms. The number of benzene rings is 1. The van der Waals surface area contributed by atoms with Gasteiger partial charge in [-0.2, -0.15) is 5.10 Å². The maximum absolute atomic E-state index is 12.0. The minimum atomic E-state index is -0.668. The van der Waals surface area contributed by atoms with Gasteiger partial charge in [-0.3, -0.25) is 14.3 Å². The summed E-state index contributed by atoms with van der Waals surface area (Å²) in [5.41, 5.74) is 5.51. The highest BCUT2D eigenvalue weighted by Gasteiger charge is 2.16. The van der Waals surface area contributed by atoms with Crippen LogP contribution in [0.4, 0.5) is 5.69 Å². The molecule has 0 aliphatic rings. The van der Waals surface area contributed by atoms with E-state index in [1.165, 1.54) is 0 Å². The fraction of sp³-hybridized carbons (Fsp3) is 0.389. The smallest absolute Gasteiger partial charge is 0.313 e. The van der Waals surface area contributed by atoms with E-state index in [1.54, 1.807) is 0 Å². The predicted octanol–water partition coefficient (Wildman–Crippen LogP) is 2.39. The summed E-state index contributed by atoms with van der Waals surface area (Å²) in [6.45, 7) is 10.8. The molecule has 0 unspecified atom stereocenters. The Bertz CT molecular complexity index is 757. The number of rotatable bonds is 4. The summed E-state index contributed by atoms with van der Waals surface area (Å²) in [6.07, 6.45) is 0. The molecule has 1 aromatic heterocycles. The molecule has 0 bridgehead atoms. The third kappa shape index (κ3) is 4.01. The van der Waals surface area contributed by atoms with E-state index >= 15 is 0 Å². The lowest BCUT2D eigenvalue weighted by Crippen LogP contribution is -2.35. The summed E-state index contributed by atoms with van der Waals surface area (Å²) in [4.78, 5) is 24.1. The Kier molecular flexibility index (Phi) is 5.39. The van der Waals surface area contributed by atoms with Crippen molar-refractivity contribution >= 4 is 17.5 Å². The molecule has 2 amide bonds. The standard InChI is InChI=1S/C18H24N4O2/c1-6-22-14(5)16(13(4)21-22)10-19-17(23)18(24)20-15-8-11(2)7-12(3)9-15/h7-9H,6,10H2,1-5H3,(H,19,23)(H,20,24). The van der Waals surface area contributed by atoms with Crippen molar-refractivity contribution in [2.75, 3.05) is 5.32 Å². The summed E-state index contributed by atoms with van der Waals surface area (Å²) in [5, 5.41) is 9.70. The van der Waals surface area contributed by atoms with Gasteiger partial charge in [0.15, 0.2) is 0 Å². The highest BCUT2D eigenvalue weighted by atomic mass is 16.2. The van der Waals surface area contributed by atoms with Gasteiger partial charge in [0.05, 0.1) is 5.69 Å². The molecule has 0 aliphatic carbocycles. The topological polar surface area (TPSA) is 76.0 Å². The molecule has 0 saturated carbocycles. The second-order valence-electron chi connectivity index (χ2n) is 5.98. The first-order valence-electron chi connectivity index (χ1n) is 8.02. The van der Waals surface area contributed by atoms with Gasteiger partial charge in [0.1, 0.15) is 0 Å². The third-order valence-electron chi connectivity index (χ3n) is 3.94. The van der Waals surface area contributed by atoms with Crippen LogP contribution in [0.1, 0.15) is 35.0 Å². The van der Waals surface area contributed by atoms with Crippen molar-refractivity contribution in [2.24, 2.45) is 0 Å². The molecule has 1 aromatic carbocycles. The van der Waals surface area contributed by atoms with E-state index in [-0.39, 0.29) is 6.54 Å². The second kappa shape index (κ2) is 7.29. The number of aryl methyl sites for hydroxylation is 4. The van der Waals surface area contributed by atoms with Gasteiger partial charge >= 0.3 is 11.8 Å². The molecule has 0 aliphatic heterocycles. The molecular weight excluding hydrogens is 304 g/mol. The first-order valence-corrected chi connectivity index (χ1v) is 8.02. The Balaban J connectivity index is 1.99. The number of carbonyl (C=O) groups excluding carboxylic acids is 2. The molecule has 2 N–H and O–H groups in total. The van der Waals surface area contributed by atoms with Gasteiger partial charge < -0.3 is 10.6 Å². The summed E-state index contributed by atoms with van der Waals surface area (Å²) < 4.78 is 1.88. The zero-order valence-corrected chi connectivity index (χ0v) is 14.9. The normalized spacial score (nSPS) is 10.5. The monoisotopic (exact) mass is 328 g/mol. The Hall–Kier alpha value is -2.63. The van der Waals surface area contributed by atoms with Crippen molar-refractivity contribution in [3.63, 3.8) is 0 Å². The maximum atomic E-state index is 12.0. The van der Waals surface area contributed by atoms with Crippen LogP contribution in [-0.2, 0) is 22.7 Å². The summed E-state index contributed by atoms with van der Waals surface area (Å²) in [6, 6.07) is 5.67. The molecule has 6 nitrogen and oxygen atoms in total. The quantitative estimate of drug-likeness (QED) is 0.846. The van der Waals surface area contributed by atoms with E-state index in [0.717, 1.165) is 34.6 Å². The Morgan fingerprint density at radius 1 is 1.04 bits per heavy atom. The Morgan fingerprint density at radius 3 is 2.21 bits per heavy atom. The molecule has 0 radical (unpaired) electrons. The molecule has 0 saturated heterocycles. The molecule has 6 heteroatoms. The molecule has 0 spiro atoms. The SMILES string of the molecule is CCn1nc(C)c(CNC(=O)C(=O)Nc2cc(C)cc(C)c2)c1C. The van der Waals surface area contributed by atoms with Crippen molar-refractivity contribution in [3.05, 3.63) is 46.3 Å². The maximum Gasteiger partial charge on any atom is 0.313 e. The number of nitrogens with one attached hydrogen (secondary N) is 2. The minimum absolute atomic E-state index is 0.288.